The monoisotopic (exact) mass is 325 g/mol. The van der Waals surface area contributed by atoms with Crippen LogP contribution in [-0.4, -0.2) is 46.1 Å². The summed E-state index contributed by atoms with van der Waals surface area (Å²) in [5, 5.41) is 0. The minimum Gasteiger partial charge on any atom is -0.496 e. The lowest BCUT2D eigenvalue weighted by molar-refractivity contribution is -0.138. The minimum absolute atomic E-state index is 0.172. The average molecular weight is 325 g/mol. The van der Waals surface area contributed by atoms with Crippen molar-refractivity contribution in [2.45, 2.75) is 11.1 Å². The van der Waals surface area contributed by atoms with E-state index in [0.717, 1.165) is 19.2 Å². The zero-order chi connectivity index (χ0) is 15.7. The van der Waals surface area contributed by atoms with Crippen LogP contribution in [0.5, 0.6) is 5.75 Å². The van der Waals surface area contributed by atoms with Crippen LogP contribution in [0.1, 0.15) is 5.56 Å². The van der Waals surface area contributed by atoms with Crippen LogP contribution in [0.2, 0.25) is 0 Å². The second-order valence-corrected chi connectivity index (χ2v) is 6.31. The van der Waals surface area contributed by atoms with Crippen LogP contribution in [0.25, 0.3) is 0 Å². The Morgan fingerprint density at radius 3 is 2.38 bits per heavy atom. The summed E-state index contributed by atoms with van der Waals surface area (Å²) in [6.45, 7) is 0.866. The molecule has 21 heavy (non-hydrogen) atoms. The van der Waals surface area contributed by atoms with Gasteiger partial charge in [0, 0.05) is 19.2 Å². The molecule has 2 rings (SSSR count). The molecular formula is C12H14F3NO4S. The van der Waals surface area contributed by atoms with Gasteiger partial charge in [0.2, 0.25) is 10.0 Å². The van der Waals surface area contributed by atoms with E-state index in [0.29, 0.717) is 6.07 Å². The van der Waals surface area contributed by atoms with Gasteiger partial charge in [0.05, 0.1) is 30.8 Å². The predicted molar refractivity (Wildman–Crippen MR) is 67.6 cm³/mol. The Balaban J connectivity index is 2.40. The van der Waals surface area contributed by atoms with Crippen molar-refractivity contribution in [3.8, 4) is 5.75 Å². The summed E-state index contributed by atoms with van der Waals surface area (Å²) in [4.78, 5) is -0.228. The van der Waals surface area contributed by atoms with Gasteiger partial charge in [0.15, 0.2) is 0 Å². The molecule has 0 atom stereocenters. The fourth-order valence-corrected chi connectivity index (χ4v) is 3.43. The van der Waals surface area contributed by atoms with E-state index in [1.807, 2.05) is 0 Å². The highest BCUT2D eigenvalue weighted by Gasteiger charge is 2.36. The van der Waals surface area contributed by atoms with E-state index < -0.39 is 27.5 Å². The van der Waals surface area contributed by atoms with Crippen molar-refractivity contribution in [1.82, 2.24) is 4.31 Å². The van der Waals surface area contributed by atoms with E-state index in [9.17, 15) is 21.6 Å². The molecule has 5 nitrogen and oxygen atoms in total. The van der Waals surface area contributed by atoms with E-state index in [4.69, 9.17) is 4.74 Å². The third-order valence-corrected chi connectivity index (χ3v) is 4.98. The van der Waals surface area contributed by atoms with Gasteiger partial charge in [-0.25, -0.2) is 8.42 Å². The molecule has 1 aromatic carbocycles. The Kier molecular flexibility index (Phi) is 4.45. The quantitative estimate of drug-likeness (QED) is 0.849. The third-order valence-electron chi connectivity index (χ3n) is 3.09. The van der Waals surface area contributed by atoms with Crippen molar-refractivity contribution < 1.29 is 31.1 Å². The molecule has 0 unspecified atom stereocenters. The van der Waals surface area contributed by atoms with Gasteiger partial charge in [-0.05, 0) is 12.1 Å². The molecule has 1 aromatic rings. The molecule has 1 heterocycles. The Hall–Kier alpha value is -1.32. The van der Waals surface area contributed by atoms with E-state index in [1.165, 1.54) is 4.31 Å². The smallest absolute Gasteiger partial charge is 0.419 e. The summed E-state index contributed by atoms with van der Waals surface area (Å²) in [6.07, 6.45) is -4.60. The molecule has 0 amide bonds. The molecular weight excluding hydrogens is 311 g/mol. The van der Waals surface area contributed by atoms with E-state index in [1.54, 1.807) is 0 Å². The number of benzene rings is 1. The standard InChI is InChI=1S/C12H14F3NO4S/c1-19-11-8-9(2-3-10(11)12(13,14)15)21(17,18)16-4-6-20-7-5-16/h2-3,8H,4-7H2,1H3. The lowest BCUT2D eigenvalue weighted by Gasteiger charge is -2.26. The summed E-state index contributed by atoms with van der Waals surface area (Å²) in [7, 11) is -2.79. The van der Waals surface area contributed by atoms with Crippen LogP contribution >= 0.6 is 0 Å². The highest BCUT2D eigenvalue weighted by Crippen LogP contribution is 2.37. The van der Waals surface area contributed by atoms with Gasteiger partial charge >= 0.3 is 6.18 Å². The highest BCUT2D eigenvalue weighted by atomic mass is 32.2. The lowest BCUT2D eigenvalue weighted by atomic mass is 10.2. The fourth-order valence-electron chi connectivity index (χ4n) is 2.00. The van der Waals surface area contributed by atoms with Crippen molar-refractivity contribution in [3.05, 3.63) is 23.8 Å². The van der Waals surface area contributed by atoms with Crippen LogP contribution in [-0.2, 0) is 20.9 Å². The number of nitrogens with zero attached hydrogens (tertiary/aromatic N) is 1. The van der Waals surface area contributed by atoms with E-state index in [-0.39, 0.29) is 31.2 Å². The number of rotatable bonds is 3. The number of hydrogen-bond acceptors (Lipinski definition) is 4. The SMILES string of the molecule is COc1cc(S(=O)(=O)N2CCOCC2)ccc1C(F)(F)F. The molecule has 0 saturated carbocycles. The van der Waals surface area contributed by atoms with Gasteiger partial charge in [-0.2, -0.15) is 17.5 Å². The van der Waals surface area contributed by atoms with Gasteiger partial charge in [-0.3, -0.25) is 0 Å². The van der Waals surface area contributed by atoms with Crippen molar-refractivity contribution in [2.24, 2.45) is 0 Å². The summed E-state index contributed by atoms with van der Waals surface area (Å²) in [5.41, 5.74) is -1.01. The first kappa shape index (κ1) is 16.1. The van der Waals surface area contributed by atoms with Gasteiger partial charge < -0.3 is 9.47 Å². The first-order valence-electron chi connectivity index (χ1n) is 6.10. The molecule has 1 aliphatic rings. The van der Waals surface area contributed by atoms with Crippen LogP contribution in [0.4, 0.5) is 13.2 Å². The van der Waals surface area contributed by atoms with Gasteiger partial charge in [0.25, 0.3) is 0 Å². The van der Waals surface area contributed by atoms with Crippen molar-refractivity contribution in [3.63, 3.8) is 0 Å². The molecule has 0 aromatic heterocycles. The number of sulfonamides is 1. The summed E-state index contributed by atoms with van der Waals surface area (Å²) < 4.78 is 73.9. The summed E-state index contributed by atoms with van der Waals surface area (Å²) in [6, 6.07) is 2.55. The molecule has 0 aliphatic carbocycles. The maximum Gasteiger partial charge on any atom is 0.419 e. The molecule has 118 valence electrons. The molecule has 9 heteroatoms. The Morgan fingerprint density at radius 2 is 1.86 bits per heavy atom. The minimum atomic E-state index is -4.60. The summed E-state index contributed by atoms with van der Waals surface area (Å²) in [5.74, 6) is -0.517. The zero-order valence-corrected chi connectivity index (χ0v) is 12.0. The molecule has 1 fully saturated rings. The predicted octanol–water partition coefficient (Wildman–Crippen LogP) is 1.73. The van der Waals surface area contributed by atoms with Crippen LogP contribution < -0.4 is 4.74 Å². The Bertz CT molecular complexity index is 609. The normalized spacial score (nSPS) is 17.7. The second kappa shape index (κ2) is 5.82. The van der Waals surface area contributed by atoms with Gasteiger partial charge in [-0.15, -0.1) is 0 Å². The number of halogens is 3. The molecule has 0 N–H and O–H groups in total. The van der Waals surface area contributed by atoms with Crippen molar-refractivity contribution in [1.29, 1.82) is 0 Å². The number of alkyl halides is 3. The number of ether oxygens (including phenoxy) is 2. The number of morpholine rings is 1. The zero-order valence-electron chi connectivity index (χ0n) is 11.2. The highest BCUT2D eigenvalue weighted by molar-refractivity contribution is 7.89. The third kappa shape index (κ3) is 3.30. The molecule has 0 bridgehead atoms. The maximum absolute atomic E-state index is 12.8. The molecule has 0 radical (unpaired) electrons. The fraction of sp³-hybridized carbons (Fsp3) is 0.500. The van der Waals surface area contributed by atoms with Crippen LogP contribution in [0, 0.1) is 0 Å². The average Bonchev–Trinajstić information content (AvgIpc) is 2.46. The lowest BCUT2D eigenvalue weighted by Crippen LogP contribution is -2.40. The Morgan fingerprint density at radius 1 is 1.24 bits per heavy atom. The first-order chi connectivity index (χ1) is 9.76. The Labute approximate surface area is 120 Å². The van der Waals surface area contributed by atoms with E-state index in [2.05, 4.69) is 4.74 Å². The second-order valence-electron chi connectivity index (χ2n) is 4.38. The number of hydrogen-bond donors (Lipinski definition) is 0. The molecule has 0 spiro atoms. The molecule has 1 saturated heterocycles. The van der Waals surface area contributed by atoms with Crippen LogP contribution in [0.15, 0.2) is 23.1 Å². The number of methoxy groups -OCH3 is 1. The summed E-state index contributed by atoms with van der Waals surface area (Å²) >= 11 is 0. The molecule has 1 aliphatic heterocycles. The van der Waals surface area contributed by atoms with E-state index >= 15 is 0 Å². The first-order valence-corrected chi connectivity index (χ1v) is 7.54. The van der Waals surface area contributed by atoms with Gasteiger partial charge in [0.1, 0.15) is 5.75 Å². The largest absolute Gasteiger partial charge is 0.496 e. The van der Waals surface area contributed by atoms with Crippen LogP contribution in [0.3, 0.4) is 0 Å². The van der Waals surface area contributed by atoms with Crippen molar-refractivity contribution >= 4 is 10.0 Å². The van der Waals surface area contributed by atoms with Gasteiger partial charge in [-0.1, -0.05) is 0 Å². The topological polar surface area (TPSA) is 55.8 Å². The maximum atomic E-state index is 12.8. The van der Waals surface area contributed by atoms with Crippen molar-refractivity contribution in [2.75, 3.05) is 33.4 Å².